The summed E-state index contributed by atoms with van der Waals surface area (Å²) < 4.78 is 5.10. The van der Waals surface area contributed by atoms with Gasteiger partial charge in [0.15, 0.2) is 0 Å². The number of nitrogens with two attached hydrogens (primary N) is 1. The van der Waals surface area contributed by atoms with Gasteiger partial charge in [0.1, 0.15) is 0 Å². The summed E-state index contributed by atoms with van der Waals surface area (Å²) in [4.78, 5) is 2.19. The van der Waals surface area contributed by atoms with Crippen molar-refractivity contribution in [2.24, 2.45) is 0 Å². The Morgan fingerprint density at radius 2 is 2.12 bits per heavy atom. The van der Waals surface area contributed by atoms with E-state index in [-0.39, 0.29) is 0 Å². The summed E-state index contributed by atoms with van der Waals surface area (Å²) >= 11 is 5.99. The largest absolute Gasteiger partial charge is 0.397 e. The molecule has 0 saturated heterocycles. The first-order valence-corrected chi connectivity index (χ1v) is 5.74. The minimum atomic E-state index is 0.357. The number of ether oxygens (including phenoxy) is 1. The van der Waals surface area contributed by atoms with Crippen LogP contribution in [-0.4, -0.2) is 26.3 Å². The number of hydrogen-bond acceptors (Lipinski definition) is 3. The van der Waals surface area contributed by atoms with Crippen molar-refractivity contribution in [3.05, 3.63) is 23.2 Å². The van der Waals surface area contributed by atoms with E-state index in [0.29, 0.717) is 17.7 Å². The normalized spacial score (nSPS) is 10.8. The van der Waals surface area contributed by atoms with Crippen molar-refractivity contribution in [3.8, 4) is 0 Å². The van der Waals surface area contributed by atoms with Gasteiger partial charge in [0.05, 0.1) is 18.0 Å². The molecule has 90 valence electrons. The van der Waals surface area contributed by atoms with Crippen molar-refractivity contribution >= 4 is 23.0 Å². The van der Waals surface area contributed by atoms with Gasteiger partial charge in [-0.2, -0.15) is 0 Å². The average molecular weight is 243 g/mol. The van der Waals surface area contributed by atoms with Gasteiger partial charge in [0.2, 0.25) is 0 Å². The molecule has 0 bridgehead atoms. The second kappa shape index (κ2) is 5.97. The molecule has 1 aromatic carbocycles. The maximum atomic E-state index is 5.99. The summed E-state index contributed by atoms with van der Waals surface area (Å²) in [6, 6.07) is 5.89. The Kier molecular flexibility index (Phi) is 4.90. The highest BCUT2D eigenvalue weighted by Gasteiger charge is 2.13. The summed E-state index contributed by atoms with van der Waals surface area (Å²) in [5.74, 6) is 0. The third-order valence-corrected chi connectivity index (χ3v) is 2.70. The first-order valence-electron chi connectivity index (χ1n) is 5.37. The lowest BCUT2D eigenvalue weighted by atomic mass is 10.2. The molecule has 0 unspecified atom stereocenters. The quantitative estimate of drug-likeness (QED) is 0.807. The van der Waals surface area contributed by atoms with Gasteiger partial charge in [-0.15, -0.1) is 0 Å². The number of rotatable bonds is 5. The van der Waals surface area contributed by atoms with Crippen molar-refractivity contribution in [2.45, 2.75) is 19.9 Å². The summed E-state index contributed by atoms with van der Waals surface area (Å²) in [5, 5.41) is 0.701. The Morgan fingerprint density at radius 3 is 2.69 bits per heavy atom. The smallest absolute Gasteiger partial charge is 0.0637 e. The van der Waals surface area contributed by atoms with Crippen LogP contribution in [0.15, 0.2) is 18.2 Å². The summed E-state index contributed by atoms with van der Waals surface area (Å²) in [6.07, 6.45) is 0. The highest BCUT2D eigenvalue weighted by atomic mass is 35.5. The Labute approximate surface area is 102 Å². The molecule has 0 aromatic heterocycles. The minimum absolute atomic E-state index is 0.357. The summed E-state index contributed by atoms with van der Waals surface area (Å²) in [7, 11) is 1.69. The SMILES string of the molecule is COCCN(c1cc(Cl)ccc1N)C(C)C. The first kappa shape index (κ1) is 13.1. The van der Waals surface area contributed by atoms with Crippen molar-refractivity contribution in [1.29, 1.82) is 0 Å². The van der Waals surface area contributed by atoms with Crippen LogP contribution in [-0.2, 0) is 4.74 Å². The third kappa shape index (κ3) is 3.29. The number of hydrogen-bond donors (Lipinski definition) is 1. The molecule has 0 spiro atoms. The molecule has 1 rings (SSSR count). The van der Waals surface area contributed by atoms with E-state index in [4.69, 9.17) is 22.1 Å². The molecule has 16 heavy (non-hydrogen) atoms. The summed E-state index contributed by atoms with van der Waals surface area (Å²) in [6.45, 7) is 5.72. The van der Waals surface area contributed by atoms with Gasteiger partial charge in [-0.25, -0.2) is 0 Å². The topological polar surface area (TPSA) is 38.5 Å². The lowest BCUT2D eigenvalue weighted by Crippen LogP contribution is -2.34. The zero-order chi connectivity index (χ0) is 12.1. The van der Waals surface area contributed by atoms with Crippen LogP contribution < -0.4 is 10.6 Å². The minimum Gasteiger partial charge on any atom is -0.397 e. The van der Waals surface area contributed by atoms with E-state index < -0.39 is 0 Å². The molecule has 0 atom stereocenters. The fourth-order valence-corrected chi connectivity index (χ4v) is 1.78. The highest BCUT2D eigenvalue weighted by Crippen LogP contribution is 2.28. The van der Waals surface area contributed by atoms with Gasteiger partial charge in [0.25, 0.3) is 0 Å². The fraction of sp³-hybridized carbons (Fsp3) is 0.500. The maximum Gasteiger partial charge on any atom is 0.0637 e. The van der Waals surface area contributed by atoms with E-state index in [1.807, 2.05) is 12.1 Å². The molecule has 0 aliphatic carbocycles. The molecule has 4 heteroatoms. The number of nitrogens with zero attached hydrogens (tertiary/aromatic N) is 1. The predicted octanol–water partition coefficient (Wildman–Crippen LogP) is 2.78. The standard InChI is InChI=1S/C12H19ClN2O/c1-9(2)15(6-7-16-3)12-8-10(13)4-5-11(12)14/h4-5,8-9H,6-7,14H2,1-3H3. The van der Waals surface area contributed by atoms with Gasteiger partial charge >= 0.3 is 0 Å². The van der Waals surface area contributed by atoms with Crippen LogP contribution in [0.5, 0.6) is 0 Å². The molecule has 0 aliphatic heterocycles. The number of nitrogen functional groups attached to an aromatic ring is 1. The molecule has 0 heterocycles. The van der Waals surface area contributed by atoms with E-state index in [1.54, 1.807) is 13.2 Å². The Bertz CT molecular complexity index is 342. The average Bonchev–Trinajstić information content (AvgIpc) is 2.23. The van der Waals surface area contributed by atoms with Crippen LogP contribution in [0.25, 0.3) is 0 Å². The molecule has 0 aliphatic rings. The lowest BCUT2D eigenvalue weighted by molar-refractivity contribution is 0.204. The molecular formula is C12H19ClN2O. The fourth-order valence-electron chi connectivity index (χ4n) is 1.61. The molecule has 2 N–H and O–H groups in total. The highest BCUT2D eigenvalue weighted by molar-refractivity contribution is 6.31. The van der Waals surface area contributed by atoms with E-state index in [9.17, 15) is 0 Å². The van der Waals surface area contributed by atoms with Gasteiger partial charge in [-0.3, -0.25) is 0 Å². The number of benzene rings is 1. The van der Waals surface area contributed by atoms with Gasteiger partial charge in [0, 0.05) is 24.7 Å². The van der Waals surface area contributed by atoms with E-state index in [0.717, 1.165) is 17.9 Å². The van der Waals surface area contributed by atoms with Crippen LogP contribution in [0.2, 0.25) is 5.02 Å². The molecule has 1 aromatic rings. The first-order chi connectivity index (χ1) is 7.56. The summed E-state index contributed by atoms with van der Waals surface area (Å²) in [5.41, 5.74) is 7.68. The molecule has 0 fully saturated rings. The van der Waals surface area contributed by atoms with Gasteiger partial charge in [-0.05, 0) is 32.0 Å². The predicted molar refractivity (Wildman–Crippen MR) is 70.2 cm³/mol. The second-order valence-electron chi connectivity index (χ2n) is 3.98. The van der Waals surface area contributed by atoms with Crippen LogP contribution in [0.3, 0.4) is 0 Å². The van der Waals surface area contributed by atoms with E-state index in [1.165, 1.54) is 0 Å². The third-order valence-electron chi connectivity index (χ3n) is 2.46. The van der Waals surface area contributed by atoms with Crippen LogP contribution in [0, 0.1) is 0 Å². The van der Waals surface area contributed by atoms with Gasteiger partial charge < -0.3 is 15.4 Å². The maximum absolute atomic E-state index is 5.99. The van der Waals surface area contributed by atoms with E-state index >= 15 is 0 Å². The molecule has 0 radical (unpaired) electrons. The Morgan fingerprint density at radius 1 is 1.44 bits per heavy atom. The number of halogens is 1. The zero-order valence-electron chi connectivity index (χ0n) is 10.0. The monoisotopic (exact) mass is 242 g/mol. The van der Waals surface area contributed by atoms with Crippen molar-refractivity contribution in [3.63, 3.8) is 0 Å². The van der Waals surface area contributed by atoms with Crippen molar-refractivity contribution in [2.75, 3.05) is 30.9 Å². The van der Waals surface area contributed by atoms with Crippen LogP contribution in [0.4, 0.5) is 11.4 Å². The molecular weight excluding hydrogens is 224 g/mol. The second-order valence-corrected chi connectivity index (χ2v) is 4.42. The Hall–Kier alpha value is -0.930. The van der Waals surface area contributed by atoms with Crippen molar-refractivity contribution < 1.29 is 4.74 Å². The van der Waals surface area contributed by atoms with Crippen LogP contribution in [0.1, 0.15) is 13.8 Å². The van der Waals surface area contributed by atoms with Crippen LogP contribution >= 0.6 is 11.6 Å². The van der Waals surface area contributed by atoms with Gasteiger partial charge in [-0.1, -0.05) is 11.6 Å². The Balaban J connectivity index is 2.95. The molecule has 0 saturated carbocycles. The molecule has 0 amide bonds. The number of methoxy groups -OCH3 is 1. The van der Waals surface area contributed by atoms with E-state index in [2.05, 4.69) is 18.7 Å². The molecule has 3 nitrogen and oxygen atoms in total. The van der Waals surface area contributed by atoms with Crippen molar-refractivity contribution in [1.82, 2.24) is 0 Å². The lowest BCUT2D eigenvalue weighted by Gasteiger charge is -2.30. The zero-order valence-corrected chi connectivity index (χ0v) is 10.8. The number of anilines is 2.